The third-order valence-corrected chi connectivity index (χ3v) is 2.94. The molecule has 0 radical (unpaired) electrons. The Morgan fingerprint density at radius 3 is 2.19 bits per heavy atom. The maximum atomic E-state index is 11.0. The van der Waals surface area contributed by atoms with Crippen molar-refractivity contribution in [1.29, 1.82) is 0 Å². The molecule has 4 nitrogen and oxygen atoms in total. The molecule has 0 spiro atoms. The van der Waals surface area contributed by atoms with Gasteiger partial charge in [0.15, 0.2) is 0 Å². The summed E-state index contributed by atoms with van der Waals surface area (Å²) >= 11 is 0. The average molecular weight is 250 g/mol. The second-order valence-corrected chi connectivity index (χ2v) is 4.34. The molecule has 0 saturated heterocycles. The van der Waals surface area contributed by atoms with E-state index >= 15 is 0 Å². The number of rotatable bonds is 1. The van der Waals surface area contributed by atoms with Gasteiger partial charge in [-0.15, -0.1) is 0 Å². The number of hydrogen-bond acceptors (Lipinski definition) is 2. The van der Waals surface area contributed by atoms with Crippen LogP contribution in [0.25, 0.3) is 11.1 Å². The Balaban J connectivity index is 0.00000112. The molecule has 0 aromatic heterocycles. The van der Waals surface area contributed by atoms with Crippen molar-refractivity contribution in [3.8, 4) is 11.1 Å². The van der Waals surface area contributed by atoms with E-state index < -0.39 is 10.1 Å². The summed E-state index contributed by atoms with van der Waals surface area (Å²) in [5.41, 5.74) is 1.33. The van der Waals surface area contributed by atoms with Gasteiger partial charge >= 0.3 is 29.6 Å². The molecule has 2 aliphatic carbocycles. The molecule has 0 aliphatic heterocycles. The van der Waals surface area contributed by atoms with Gasteiger partial charge in [0.1, 0.15) is 4.90 Å². The molecule has 0 atom stereocenters. The first-order valence-corrected chi connectivity index (χ1v) is 5.48. The third-order valence-electron chi connectivity index (χ3n) is 2.03. The summed E-state index contributed by atoms with van der Waals surface area (Å²) in [6.45, 7) is 0. The van der Waals surface area contributed by atoms with Crippen LogP contribution in [0.15, 0.2) is 47.4 Å². The standard InChI is InChI=1S/C10H8O3S.Na.H2O.H/c11-14(12,13)10-7-6-8-4-2-1-3-5-9(8)10;;;/h1-7H,(H,11,12,13);;1H2;. The first kappa shape index (κ1) is 15.6. The molecule has 82 valence electrons. The van der Waals surface area contributed by atoms with Gasteiger partial charge < -0.3 is 5.48 Å². The van der Waals surface area contributed by atoms with Crippen molar-refractivity contribution in [3.05, 3.63) is 42.5 Å². The van der Waals surface area contributed by atoms with E-state index in [0.29, 0.717) is 5.56 Å². The van der Waals surface area contributed by atoms with E-state index in [1.807, 2.05) is 6.07 Å². The molecule has 0 aromatic carbocycles. The van der Waals surface area contributed by atoms with E-state index in [1.165, 1.54) is 6.07 Å². The minimum absolute atomic E-state index is 0. The zero-order chi connectivity index (χ0) is 10.2. The summed E-state index contributed by atoms with van der Waals surface area (Å²) < 4.78 is 30.9. The van der Waals surface area contributed by atoms with E-state index in [9.17, 15) is 8.42 Å². The fourth-order valence-corrected chi connectivity index (χ4v) is 2.11. The van der Waals surface area contributed by atoms with Crippen LogP contribution in [0.4, 0.5) is 0 Å². The Bertz CT molecular complexity index is 538. The molecule has 0 unspecified atom stereocenters. The normalized spacial score (nSPS) is 10.3. The van der Waals surface area contributed by atoms with Crippen molar-refractivity contribution >= 4 is 39.7 Å². The molecule has 0 saturated carbocycles. The molecule has 6 heteroatoms. The first-order chi connectivity index (χ1) is 6.59. The molecule has 2 rings (SSSR count). The van der Waals surface area contributed by atoms with Gasteiger partial charge in [0.05, 0.1) is 0 Å². The van der Waals surface area contributed by atoms with Crippen LogP contribution < -0.4 is 0 Å². The Hall–Kier alpha value is -0.430. The summed E-state index contributed by atoms with van der Waals surface area (Å²) in [7, 11) is -4.12. The van der Waals surface area contributed by atoms with Gasteiger partial charge in [-0.1, -0.05) is 36.4 Å². The van der Waals surface area contributed by atoms with Gasteiger partial charge in [-0.25, -0.2) is 0 Å². The maximum absolute atomic E-state index is 11.0. The molecule has 0 aromatic rings. The quantitative estimate of drug-likeness (QED) is 0.593. The molecule has 0 bridgehead atoms. The predicted molar refractivity (Wildman–Crippen MR) is 63.6 cm³/mol. The third kappa shape index (κ3) is 3.04. The Kier molecular flexibility index (Phi) is 5.61. The molecule has 0 fully saturated rings. The average Bonchev–Trinajstić information content (AvgIpc) is 2.36. The summed E-state index contributed by atoms with van der Waals surface area (Å²) in [6, 6.07) is 11.9. The van der Waals surface area contributed by atoms with Gasteiger partial charge in [0, 0.05) is 5.56 Å². The van der Waals surface area contributed by atoms with Crippen LogP contribution >= 0.6 is 0 Å². The van der Waals surface area contributed by atoms with Gasteiger partial charge in [-0.05, 0) is 11.6 Å². The SMILES string of the molecule is O.O=S(=O)(O)c1ccc2cccccc1-2.[NaH]. The Morgan fingerprint density at radius 2 is 1.56 bits per heavy atom. The van der Waals surface area contributed by atoms with E-state index in [2.05, 4.69) is 0 Å². The Morgan fingerprint density at radius 1 is 0.938 bits per heavy atom. The predicted octanol–water partition coefficient (Wildman–Crippen LogP) is 0.565. The van der Waals surface area contributed by atoms with E-state index in [1.54, 1.807) is 30.3 Å². The molecule has 2 aliphatic rings. The topological polar surface area (TPSA) is 85.9 Å². The van der Waals surface area contributed by atoms with Gasteiger partial charge in [-0.3, -0.25) is 4.55 Å². The van der Waals surface area contributed by atoms with Crippen LogP contribution in [0.3, 0.4) is 0 Å². The summed E-state index contributed by atoms with van der Waals surface area (Å²) in [5, 5.41) is 0. The van der Waals surface area contributed by atoms with Crippen molar-refractivity contribution in [2.24, 2.45) is 0 Å². The van der Waals surface area contributed by atoms with Crippen molar-refractivity contribution in [1.82, 2.24) is 0 Å². The van der Waals surface area contributed by atoms with Crippen molar-refractivity contribution < 1.29 is 18.4 Å². The second-order valence-electron chi connectivity index (χ2n) is 2.95. The van der Waals surface area contributed by atoms with Crippen LogP contribution in [0.1, 0.15) is 0 Å². The summed E-state index contributed by atoms with van der Waals surface area (Å²) in [6.07, 6.45) is 0. The first-order valence-electron chi connectivity index (χ1n) is 4.04. The van der Waals surface area contributed by atoms with Crippen LogP contribution in [0, 0.1) is 0 Å². The van der Waals surface area contributed by atoms with Crippen LogP contribution in [0.2, 0.25) is 0 Å². The van der Waals surface area contributed by atoms with Crippen molar-refractivity contribution in [2.45, 2.75) is 4.90 Å². The number of hydrogen-bond donors (Lipinski definition) is 1. The van der Waals surface area contributed by atoms with E-state index in [0.717, 1.165) is 5.56 Å². The summed E-state index contributed by atoms with van der Waals surface area (Å²) in [4.78, 5) is -0.0382. The van der Waals surface area contributed by atoms with Gasteiger partial charge in [0.2, 0.25) is 0 Å². The molecule has 0 heterocycles. The molecule has 3 N–H and O–H groups in total. The van der Waals surface area contributed by atoms with E-state index in [-0.39, 0.29) is 39.9 Å². The minimum atomic E-state index is -4.12. The molecular formula is C10H11NaO4S. The van der Waals surface area contributed by atoms with Gasteiger partial charge in [-0.2, -0.15) is 8.42 Å². The van der Waals surface area contributed by atoms with Crippen molar-refractivity contribution in [3.63, 3.8) is 0 Å². The molecular weight excluding hydrogens is 239 g/mol. The fraction of sp³-hybridized carbons (Fsp3) is 0. The van der Waals surface area contributed by atoms with Crippen molar-refractivity contribution in [2.75, 3.05) is 0 Å². The van der Waals surface area contributed by atoms with Gasteiger partial charge in [0.25, 0.3) is 10.1 Å². The van der Waals surface area contributed by atoms with E-state index in [4.69, 9.17) is 4.55 Å². The van der Waals surface area contributed by atoms with Crippen LogP contribution in [0.5, 0.6) is 0 Å². The molecule has 16 heavy (non-hydrogen) atoms. The van der Waals surface area contributed by atoms with Crippen LogP contribution in [-0.2, 0) is 10.1 Å². The molecule has 0 amide bonds. The fourth-order valence-electron chi connectivity index (χ4n) is 1.41. The number of fused-ring (bicyclic) bond motifs is 1. The van der Waals surface area contributed by atoms with Crippen LogP contribution in [-0.4, -0.2) is 48.0 Å². The zero-order valence-electron chi connectivity index (χ0n) is 7.71. The second kappa shape index (κ2) is 5.77. The zero-order valence-corrected chi connectivity index (χ0v) is 8.53. The summed E-state index contributed by atoms with van der Waals surface area (Å²) in [5.74, 6) is 0. The monoisotopic (exact) mass is 250 g/mol. The Labute approximate surface area is 116 Å².